The minimum Gasteiger partial charge on any atom is -0.481 e. The van der Waals surface area contributed by atoms with Crippen LogP contribution in [0.5, 0.6) is 0 Å². The highest BCUT2D eigenvalue weighted by Gasteiger charge is 2.24. The monoisotopic (exact) mass is 357 g/mol. The number of amides is 2. The van der Waals surface area contributed by atoms with Crippen molar-refractivity contribution in [2.75, 3.05) is 6.54 Å². The van der Waals surface area contributed by atoms with Gasteiger partial charge in [-0.1, -0.05) is 0 Å². The second-order valence-electron chi connectivity index (χ2n) is 5.44. The summed E-state index contributed by atoms with van der Waals surface area (Å²) in [6, 6.07) is -2.88. The molecule has 0 rings (SSSR count). The van der Waals surface area contributed by atoms with Gasteiger partial charge in [0.25, 0.3) is 0 Å². The summed E-state index contributed by atoms with van der Waals surface area (Å²) in [6.07, 6.45) is 1.76. The molecule has 0 unspecified atom stereocenters. The predicted octanol–water partition coefficient (Wildman–Crippen LogP) is -2.46. The lowest BCUT2D eigenvalue weighted by Gasteiger charge is -2.21. The van der Waals surface area contributed by atoms with Gasteiger partial charge in [-0.2, -0.15) is 0 Å². The van der Waals surface area contributed by atoms with E-state index in [1.807, 2.05) is 0 Å². The van der Waals surface area contributed by atoms with Crippen molar-refractivity contribution in [3.05, 3.63) is 0 Å². The largest absolute Gasteiger partial charge is 0.481 e. The third-order valence-corrected chi connectivity index (χ3v) is 3.14. The standard InChI is InChI=1S/C14H25N6O5/c1-8(15)12(24)20-10(3-2-6-18-14(16)17)13(25)19-9(7-21)4-5-11(22)23/h8-10H,2-6,15H2,1H3,(H,19,25)(H,20,24)(H,22,23)(H4,16,17,18)/t8-,9+,10-/m0/s1. The van der Waals surface area contributed by atoms with Crippen molar-refractivity contribution in [1.82, 2.24) is 16.0 Å². The van der Waals surface area contributed by atoms with Crippen LogP contribution in [0, 0.1) is 5.41 Å². The zero-order valence-corrected chi connectivity index (χ0v) is 14.0. The molecule has 0 fully saturated rings. The molecular formula is C14H25N6O5. The number of hydrogen-bond donors (Lipinski definition) is 7. The Morgan fingerprint density at radius 1 is 1.20 bits per heavy atom. The lowest BCUT2D eigenvalue weighted by atomic mass is 10.1. The highest BCUT2D eigenvalue weighted by atomic mass is 16.4. The Morgan fingerprint density at radius 3 is 2.32 bits per heavy atom. The van der Waals surface area contributed by atoms with Gasteiger partial charge in [0.05, 0.1) is 12.1 Å². The van der Waals surface area contributed by atoms with E-state index in [1.165, 1.54) is 6.92 Å². The zero-order chi connectivity index (χ0) is 19.4. The van der Waals surface area contributed by atoms with Crippen molar-refractivity contribution in [3.63, 3.8) is 0 Å². The van der Waals surface area contributed by atoms with Crippen LogP contribution in [-0.4, -0.2) is 59.8 Å². The first-order chi connectivity index (χ1) is 11.7. The maximum atomic E-state index is 12.3. The fourth-order valence-electron chi connectivity index (χ4n) is 1.80. The molecule has 0 saturated heterocycles. The quantitative estimate of drug-likeness (QED) is 0.113. The summed E-state index contributed by atoms with van der Waals surface area (Å²) < 4.78 is 0. The third kappa shape index (κ3) is 10.7. The summed E-state index contributed by atoms with van der Waals surface area (Å²) in [5.74, 6) is -2.51. The first kappa shape index (κ1) is 22.3. The van der Waals surface area contributed by atoms with Crippen LogP contribution in [0.1, 0.15) is 32.6 Å². The van der Waals surface area contributed by atoms with E-state index in [1.54, 1.807) is 6.29 Å². The summed E-state index contributed by atoms with van der Waals surface area (Å²) >= 11 is 0. The van der Waals surface area contributed by atoms with E-state index < -0.39 is 35.9 Å². The number of nitrogens with two attached hydrogens (primary N) is 2. The van der Waals surface area contributed by atoms with Crippen LogP contribution in [0.2, 0.25) is 0 Å². The molecule has 0 bridgehead atoms. The summed E-state index contributed by atoms with van der Waals surface area (Å²) in [5.41, 5.74) is 10.6. The van der Waals surface area contributed by atoms with Crippen molar-refractivity contribution < 1.29 is 24.3 Å². The molecule has 0 aliphatic carbocycles. The average molecular weight is 357 g/mol. The van der Waals surface area contributed by atoms with Crippen molar-refractivity contribution in [3.8, 4) is 0 Å². The van der Waals surface area contributed by atoms with Gasteiger partial charge in [0.2, 0.25) is 18.1 Å². The molecule has 0 aliphatic heterocycles. The summed E-state index contributed by atoms with van der Waals surface area (Å²) in [6.45, 7) is 1.77. The molecule has 11 heteroatoms. The highest BCUT2D eigenvalue weighted by molar-refractivity contribution is 5.90. The smallest absolute Gasteiger partial charge is 0.303 e. The Labute approximate surface area is 145 Å². The maximum Gasteiger partial charge on any atom is 0.303 e. The van der Waals surface area contributed by atoms with Gasteiger partial charge in [-0.3, -0.25) is 24.6 Å². The number of nitrogens with one attached hydrogen (secondary N) is 4. The normalized spacial score (nSPS) is 13.8. The lowest BCUT2D eigenvalue weighted by molar-refractivity contribution is -0.137. The number of guanidine groups is 1. The molecule has 0 aromatic heterocycles. The molecule has 1 radical (unpaired) electrons. The van der Waals surface area contributed by atoms with E-state index in [0.29, 0.717) is 13.0 Å². The van der Waals surface area contributed by atoms with E-state index in [2.05, 4.69) is 16.0 Å². The number of rotatable bonds is 12. The van der Waals surface area contributed by atoms with Gasteiger partial charge in [0, 0.05) is 13.0 Å². The highest BCUT2D eigenvalue weighted by Crippen LogP contribution is 2.01. The van der Waals surface area contributed by atoms with Crippen LogP contribution < -0.4 is 27.4 Å². The fourth-order valence-corrected chi connectivity index (χ4v) is 1.80. The predicted molar refractivity (Wildman–Crippen MR) is 89.2 cm³/mol. The molecule has 0 heterocycles. The van der Waals surface area contributed by atoms with E-state index in [9.17, 15) is 19.2 Å². The Hall–Kier alpha value is -2.69. The molecule has 0 aliphatic rings. The first-order valence-electron chi connectivity index (χ1n) is 7.71. The molecule has 2 amide bonds. The van der Waals surface area contributed by atoms with Crippen LogP contribution in [0.25, 0.3) is 0 Å². The molecule has 9 N–H and O–H groups in total. The molecule has 0 aromatic carbocycles. The van der Waals surface area contributed by atoms with Gasteiger partial charge >= 0.3 is 5.97 Å². The Kier molecular flexibility index (Phi) is 10.5. The van der Waals surface area contributed by atoms with Gasteiger partial charge in [0.1, 0.15) is 6.04 Å². The molecule has 141 valence electrons. The average Bonchev–Trinajstić information content (AvgIpc) is 2.53. The third-order valence-electron chi connectivity index (χ3n) is 3.14. The topological polar surface area (TPSA) is 200 Å². The van der Waals surface area contributed by atoms with Gasteiger partial charge < -0.3 is 32.5 Å². The fraction of sp³-hybridized carbons (Fsp3) is 0.643. The molecule has 0 spiro atoms. The van der Waals surface area contributed by atoms with Gasteiger partial charge in [-0.05, 0) is 26.2 Å². The zero-order valence-electron chi connectivity index (χ0n) is 14.0. The summed E-state index contributed by atoms with van der Waals surface area (Å²) in [5, 5.41) is 23.0. The molecule has 0 aromatic rings. The van der Waals surface area contributed by atoms with Crippen molar-refractivity contribution in [1.29, 1.82) is 5.41 Å². The summed E-state index contributed by atoms with van der Waals surface area (Å²) in [7, 11) is 0. The minimum absolute atomic E-state index is 0.107. The number of hydrogen-bond acceptors (Lipinski definition) is 6. The number of carboxylic acids is 1. The Morgan fingerprint density at radius 2 is 1.84 bits per heavy atom. The van der Waals surface area contributed by atoms with Crippen LogP contribution in [0.15, 0.2) is 0 Å². The van der Waals surface area contributed by atoms with Crippen LogP contribution in [-0.2, 0) is 19.2 Å². The van der Waals surface area contributed by atoms with E-state index in [-0.39, 0.29) is 25.2 Å². The Bertz CT molecular complexity index is 496. The van der Waals surface area contributed by atoms with Gasteiger partial charge in [0.15, 0.2) is 5.96 Å². The summed E-state index contributed by atoms with van der Waals surface area (Å²) in [4.78, 5) is 45.4. The molecule has 0 saturated carbocycles. The Balaban J connectivity index is 4.75. The van der Waals surface area contributed by atoms with Gasteiger partial charge in [-0.15, -0.1) is 0 Å². The number of carboxylic acid groups (broad SMARTS) is 1. The second kappa shape index (κ2) is 11.8. The second-order valence-corrected chi connectivity index (χ2v) is 5.44. The molecule has 11 nitrogen and oxygen atoms in total. The van der Waals surface area contributed by atoms with E-state index >= 15 is 0 Å². The minimum atomic E-state index is -1.10. The lowest BCUT2D eigenvalue weighted by Crippen LogP contribution is -2.53. The van der Waals surface area contributed by atoms with Crippen LogP contribution >= 0.6 is 0 Å². The van der Waals surface area contributed by atoms with Crippen molar-refractivity contribution in [2.45, 2.75) is 50.7 Å². The van der Waals surface area contributed by atoms with E-state index in [4.69, 9.17) is 22.0 Å². The maximum absolute atomic E-state index is 12.3. The van der Waals surface area contributed by atoms with Crippen LogP contribution in [0.4, 0.5) is 0 Å². The van der Waals surface area contributed by atoms with Crippen molar-refractivity contribution >= 4 is 30.0 Å². The van der Waals surface area contributed by atoms with E-state index in [0.717, 1.165) is 0 Å². The SMILES string of the molecule is C[C@H](N)C(=O)N[C@@H](CCCNC(=N)N)C(=O)N[C@@H]([C]=O)CCC(=O)O. The molecule has 3 atom stereocenters. The first-order valence-corrected chi connectivity index (χ1v) is 7.71. The van der Waals surface area contributed by atoms with Crippen molar-refractivity contribution in [2.24, 2.45) is 11.5 Å². The molecular weight excluding hydrogens is 332 g/mol. The molecule has 25 heavy (non-hydrogen) atoms. The van der Waals surface area contributed by atoms with Gasteiger partial charge in [-0.25, -0.2) is 0 Å². The number of carbonyl (C=O) groups is 3. The van der Waals surface area contributed by atoms with Crippen LogP contribution in [0.3, 0.4) is 0 Å². The number of carbonyl (C=O) groups excluding carboxylic acids is 3. The number of aliphatic carboxylic acids is 1.